The topological polar surface area (TPSA) is 107 Å². The Morgan fingerprint density at radius 2 is 1.64 bits per heavy atom. The smallest absolute Gasteiger partial charge is 0.269 e. The predicted octanol–water partition coefficient (Wildman–Crippen LogP) is 4.51. The second-order valence-electron chi connectivity index (χ2n) is 7.15. The van der Waals surface area contributed by atoms with Gasteiger partial charge in [-0.25, -0.2) is 9.07 Å². The van der Waals surface area contributed by atoms with Crippen molar-refractivity contribution in [2.45, 2.75) is 6.92 Å². The monoisotopic (exact) mass is 444 g/mol. The maximum absolute atomic E-state index is 13.5. The van der Waals surface area contributed by atoms with Gasteiger partial charge in [0, 0.05) is 17.7 Å². The van der Waals surface area contributed by atoms with Crippen molar-refractivity contribution in [1.29, 1.82) is 0 Å². The quantitative estimate of drug-likeness (QED) is 0.360. The summed E-state index contributed by atoms with van der Waals surface area (Å²) in [7, 11) is 0. The molecule has 0 bridgehead atoms. The first kappa shape index (κ1) is 21.6. The van der Waals surface area contributed by atoms with Crippen LogP contribution in [-0.2, 0) is 0 Å². The molecule has 4 aromatic rings. The van der Waals surface area contributed by atoms with Gasteiger partial charge in [-0.15, -0.1) is 0 Å². The molecule has 0 radical (unpaired) electrons. The third-order valence-corrected chi connectivity index (χ3v) is 4.96. The molecule has 164 valence electrons. The summed E-state index contributed by atoms with van der Waals surface area (Å²) in [5, 5.41) is 17.9. The van der Waals surface area contributed by atoms with Crippen molar-refractivity contribution in [2.75, 3.05) is 5.32 Å². The molecule has 3 aromatic carbocycles. The van der Waals surface area contributed by atoms with Gasteiger partial charge in [0.15, 0.2) is 0 Å². The fourth-order valence-electron chi connectivity index (χ4n) is 3.31. The number of hydrogen-bond donors (Lipinski definition) is 1. The Bertz CT molecular complexity index is 1400. The van der Waals surface area contributed by atoms with E-state index in [2.05, 4.69) is 10.4 Å². The van der Waals surface area contributed by atoms with E-state index in [0.29, 0.717) is 11.3 Å². The van der Waals surface area contributed by atoms with Crippen LogP contribution in [0.4, 0.5) is 15.9 Å². The average molecular weight is 444 g/mol. The molecule has 0 atom stereocenters. The highest BCUT2D eigenvalue weighted by Crippen LogP contribution is 2.27. The fraction of sp³-hybridized carbons (Fsp3) is 0.0417. The van der Waals surface area contributed by atoms with Crippen molar-refractivity contribution < 1.29 is 14.1 Å². The molecular formula is C24H17FN4O4. The highest BCUT2D eigenvalue weighted by atomic mass is 19.1. The second kappa shape index (κ2) is 8.83. The Labute approximate surface area is 187 Å². The van der Waals surface area contributed by atoms with E-state index in [1.165, 1.54) is 53.2 Å². The van der Waals surface area contributed by atoms with Gasteiger partial charge in [-0.05, 0) is 48.9 Å². The van der Waals surface area contributed by atoms with E-state index in [4.69, 9.17) is 0 Å². The normalized spacial score (nSPS) is 10.6. The summed E-state index contributed by atoms with van der Waals surface area (Å²) < 4.78 is 14.9. The summed E-state index contributed by atoms with van der Waals surface area (Å²) >= 11 is 0. The van der Waals surface area contributed by atoms with Gasteiger partial charge in [0.1, 0.15) is 17.3 Å². The Balaban J connectivity index is 1.89. The number of aryl methyl sites for hydroxylation is 1. The lowest BCUT2D eigenvalue weighted by atomic mass is 10.0. The first-order valence-corrected chi connectivity index (χ1v) is 9.86. The number of rotatable bonds is 5. The summed E-state index contributed by atoms with van der Waals surface area (Å²) in [5.74, 6) is -0.953. The standard InChI is InChI=1S/C24H17FN4O4/c1-15-22(30)21(16-5-3-2-4-6-16)23(28(27-15)19-13-9-18(25)10-14-19)26-24(31)17-7-11-20(12-8-17)29(32)33/h2-14H,1H3,(H,26,31). The number of nitro groups is 1. The van der Waals surface area contributed by atoms with Crippen molar-refractivity contribution in [3.05, 3.63) is 116 Å². The largest absolute Gasteiger partial charge is 0.306 e. The van der Waals surface area contributed by atoms with E-state index in [0.717, 1.165) is 0 Å². The molecular weight excluding hydrogens is 427 g/mol. The average Bonchev–Trinajstić information content (AvgIpc) is 2.82. The van der Waals surface area contributed by atoms with Gasteiger partial charge < -0.3 is 5.32 Å². The van der Waals surface area contributed by atoms with Crippen LogP contribution in [0.1, 0.15) is 16.1 Å². The number of nitrogens with zero attached hydrogens (tertiary/aromatic N) is 3. The Hall–Kier alpha value is -4.66. The van der Waals surface area contributed by atoms with Crippen LogP contribution < -0.4 is 10.7 Å². The molecule has 0 fully saturated rings. The van der Waals surface area contributed by atoms with Crippen molar-refractivity contribution in [1.82, 2.24) is 9.78 Å². The van der Waals surface area contributed by atoms with E-state index in [-0.39, 0.29) is 33.8 Å². The minimum Gasteiger partial charge on any atom is -0.306 e. The molecule has 8 nitrogen and oxygen atoms in total. The van der Waals surface area contributed by atoms with Crippen LogP contribution in [0.15, 0.2) is 83.7 Å². The Morgan fingerprint density at radius 3 is 2.24 bits per heavy atom. The molecule has 0 spiro atoms. The van der Waals surface area contributed by atoms with Crippen LogP contribution in [0.25, 0.3) is 16.8 Å². The van der Waals surface area contributed by atoms with Crippen LogP contribution in [-0.4, -0.2) is 20.6 Å². The third-order valence-electron chi connectivity index (χ3n) is 4.96. The van der Waals surface area contributed by atoms with E-state index < -0.39 is 16.6 Å². The van der Waals surface area contributed by atoms with Crippen LogP contribution in [0.2, 0.25) is 0 Å². The van der Waals surface area contributed by atoms with Gasteiger partial charge in [0.25, 0.3) is 11.6 Å². The van der Waals surface area contributed by atoms with Gasteiger partial charge in [-0.2, -0.15) is 5.10 Å². The molecule has 1 heterocycles. The number of carbonyl (C=O) groups excluding carboxylic acids is 1. The predicted molar refractivity (Wildman–Crippen MR) is 121 cm³/mol. The first-order chi connectivity index (χ1) is 15.8. The Morgan fingerprint density at radius 1 is 1.00 bits per heavy atom. The maximum atomic E-state index is 13.5. The number of anilines is 1. The summed E-state index contributed by atoms with van der Waals surface area (Å²) in [5.41, 5.74) is 1.00. The van der Waals surface area contributed by atoms with Crippen molar-refractivity contribution >= 4 is 17.4 Å². The number of non-ortho nitro benzene ring substituents is 1. The minimum absolute atomic E-state index is 0.0896. The molecule has 0 aliphatic rings. The zero-order valence-corrected chi connectivity index (χ0v) is 17.4. The highest BCUT2D eigenvalue weighted by Gasteiger charge is 2.21. The molecule has 4 rings (SSSR count). The third kappa shape index (κ3) is 4.38. The van der Waals surface area contributed by atoms with Gasteiger partial charge in [0.05, 0.1) is 16.2 Å². The van der Waals surface area contributed by atoms with Crippen molar-refractivity contribution in [3.63, 3.8) is 0 Å². The van der Waals surface area contributed by atoms with Gasteiger partial charge in [0.2, 0.25) is 5.43 Å². The molecule has 0 aliphatic carbocycles. The number of benzene rings is 3. The molecule has 0 saturated carbocycles. The van der Waals surface area contributed by atoms with Crippen molar-refractivity contribution in [2.24, 2.45) is 0 Å². The van der Waals surface area contributed by atoms with Gasteiger partial charge in [-0.3, -0.25) is 19.7 Å². The SMILES string of the molecule is Cc1nn(-c2ccc(F)cc2)c(NC(=O)c2ccc([N+](=O)[O-])cc2)c(-c2ccccc2)c1=O. The molecule has 0 unspecified atom stereocenters. The van der Waals surface area contributed by atoms with Crippen molar-refractivity contribution in [3.8, 4) is 16.8 Å². The molecule has 33 heavy (non-hydrogen) atoms. The molecule has 9 heteroatoms. The lowest BCUT2D eigenvalue weighted by molar-refractivity contribution is -0.384. The number of halogens is 1. The molecule has 1 aromatic heterocycles. The molecule has 0 saturated heterocycles. The molecule has 1 amide bonds. The zero-order chi connectivity index (χ0) is 23.5. The van der Waals surface area contributed by atoms with Crippen LogP contribution in [0.5, 0.6) is 0 Å². The van der Waals surface area contributed by atoms with Gasteiger partial charge in [-0.1, -0.05) is 30.3 Å². The highest BCUT2D eigenvalue weighted by molar-refractivity contribution is 6.05. The zero-order valence-electron chi connectivity index (χ0n) is 17.4. The number of carbonyl (C=O) groups is 1. The molecule has 0 aliphatic heterocycles. The second-order valence-corrected chi connectivity index (χ2v) is 7.15. The van der Waals surface area contributed by atoms with Crippen LogP contribution in [0, 0.1) is 22.9 Å². The van der Waals surface area contributed by atoms with Gasteiger partial charge >= 0.3 is 0 Å². The lowest BCUT2D eigenvalue weighted by Gasteiger charge is -2.18. The van der Waals surface area contributed by atoms with E-state index in [1.807, 2.05) is 0 Å². The summed E-state index contributed by atoms with van der Waals surface area (Å²) in [4.78, 5) is 36.5. The van der Waals surface area contributed by atoms with E-state index in [1.54, 1.807) is 37.3 Å². The number of aromatic nitrogens is 2. The Kier molecular flexibility index (Phi) is 5.77. The van der Waals surface area contributed by atoms with Crippen LogP contribution in [0.3, 0.4) is 0 Å². The van der Waals surface area contributed by atoms with E-state index in [9.17, 15) is 24.1 Å². The van der Waals surface area contributed by atoms with E-state index >= 15 is 0 Å². The molecule has 1 N–H and O–H groups in total. The number of nitro benzene ring substituents is 1. The number of nitrogens with one attached hydrogen (secondary N) is 1. The summed E-state index contributed by atoms with van der Waals surface area (Å²) in [6.45, 7) is 1.55. The number of amides is 1. The maximum Gasteiger partial charge on any atom is 0.269 e. The lowest BCUT2D eigenvalue weighted by Crippen LogP contribution is -2.25. The first-order valence-electron chi connectivity index (χ1n) is 9.86. The minimum atomic E-state index is -0.594. The fourth-order valence-corrected chi connectivity index (χ4v) is 3.31. The summed E-state index contributed by atoms with van der Waals surface area (Å²) in [6.07, 6.45) is 0. The van der Waals surface area contributed by atoms with Crippen LogP contribution >= 0.6 is 0 Å². The summed E-state index contributed by atoms with van der Waals surface area (Å²) in [6, 6.07) is 19.3. The number of hydrogen-bond acceptors (Lipinski definition) is 5.